The van der Waals surface area contributed by atoms with Crippen molar-refractivity contribution in [2.24, 2.45) is 0 Å². The van der Waals surface area contributed by atoms with E-state index >= 15 is 0 Å². The van der Waals surface area contributed by atoms with Gasteiger partial charge in [0.25, 0.3) is 0 Å². The van der Waals surface area contributed by atoms with Gasteiger partial charge in [-0.2, -0.15) is 0 Å². The SMILES string of the molecule is O=C(O)C=CC(c1ccccc1)c1ccc(Cl)c(Cl)c1. The highest BCUT2D eigenvalue weighted by atomic mass is 35.5. The van der Waals surface area contributed by atoms with E-state index in [1.54, 1.807) is 18.2 Å². The van der Waals surface area contributed by atoms with Gasteiger partial charge in [-0.15, -0.1) is 0 Å². The van der Waals surface area contributed by atoms with E-state index in [0.717, 1.165) is 17.2 Å². The fraction of sp³-hybridized carbons (Fsp3) is 0.0625. The molecule has 0 spiro atoms. The highest BCUT2D eigenvalue weighted by Gasteiger charge is 2.12. The van der Waals surface area contributed by atoms with Gasteiger partial charge in [-0.1, -0.05) is 65.7 Å². The lowest BCUT2D eigenvalue weighted by molar-refractivity contribution is -0.131. The monoisotopic (exact) mass is 306 g/mol. The second-order valence-electron chi connectivity index (χ2n) is 4.26. The zero-order valence-corrected chi connectivity index (χ0v) is 12.0. The summed E-state index contributed by atoms with van der Waals surface area (Å²) in [4.78, 5) is 10.8. The van der Waals surface area contributed by atoms with Crippen LogP contribution in [0.25, 0.3) is 0 Å². The minimum atomic E-state index is -0.981. The van der Waals surface area contributed by atoms with Crippen molar-refractivity contribution in [1.82, 2.24) is 0 Å². The minimum Gasteiger partial charge on any atom is -0.478 e. The smallest absolute Gasteiger partial charge is 0.328 e. The van der Waals surface area contributed by atoms with Gasteiger partial charge in [0.2, 0.25) is 0 Å². The molecule has 0 saturated heterocycles. The van der Waals surface area contributed by atoms with Crippen molar-refractivity contribution < 1.29 is 9.90 Å². The number of allylic oxidation sites excluding steroid dienone is 1. The first-order chi connectivity index (χ1) is 9.58. The first kappa shape index (κ1) is 14.6. The van der Waals surface area contributed by atoms with Gasteiger partial charge < -0.3 is 5.11 Å². The van der Waals surface area contributed by atoms with Crippen LogP contribution in [-0.4, -0.2) is 11.1 Å². The third-order valence-corrected chi connectivity index (χ3v) is 3.63. The molecule has 0 heterocycles. The number of rotatable bonds is 4. The van der Waals surface area contributed by atoms with Crippen molar-refractivity contribution in [3.63, 3.8) is 0 Å². The lowest BCUT2D eigenvalue weighted by Crippen LogP contribution is -1.99. The molecule has 2 rings (SSSR count). The van der Waals surface area contributed by atoms with Gasteiger partial charge in [0.05, 0.1) is 10.0 Å². The number of carboxylic acid groups (broad SMARTS) is 1. The maximum Gasteiger partial charge on any atom is 0.328 e. The number of halogens is 2. The summed E-state index contributed by atoms with van der Waals surface area (Å²) in [6.07, 6.45) is 2.78. The first-order valence-corrected chi connectivity index (χ1v) is 6.74. The van der Waals surface area contributed by atoms with Gasteiger partial charge in [-0.25, -0.2) is 4.79 Å². The van der Waals surface area contributed by atoms with E-state index in [2.05, 4.69) is 0 Å². The molecule has 2 aromatic carbocycles. The molecule has 2 aromatic rings. The molecule has 0 aromatic heterocycles. The van der Waals surface area contributed by atoms with Gasteiger partial charge in [-0.3, -0.25) is 0 Å². The lowest BCUT2D eigenvalue weighted by Gasteiger charge is -2.14. The van der Waals surface area contributed by atoms with Crippen LogP contribution in [0.1, 0.15) is 17.0 Å². The van der Waals surface area contributed by atoms with Crippen LogP contribution in [0.3, 0.4) is 0 Å². The van der Waals surface area contributed by atoms with Gasteiger partial charge in [-0.05, 0) is 23.3 Å². The maximum absolute atomic E-state index is 10.8. The Morgan fingerprint density at radius 1 is 1.00 bits per heavy atom. The van der Waals surface area contributed by atoms with Crippen LogP contribution >= 0.6 is 23.2 Å². The van der Waals surface area contributed by atoms with Gasteiger partial charge in [0.1, 0.15) is 0 Å². The van der Waals surface area contributed by atoms with E-state index in [9.17, 15) is 4.79 Å². The molecule has 0 saturated carbocycles. The van der Waals surface area contributed by atoms with Crippen LogP contribution < -0.4 is 0 Å². The van der Waals surface area contributed by atoms with Gasteiger partial charge in [0.15, 0.2) is 0 Å². The van der Waals surface area contributed by atoms with Crippen LogP contribution in [0.15, 0.2) is 60.7 Å². The molecule has 0 aliphatic rings. The number of aliphatic carboxylic acids is 1. The van der Waals surface area contributed by atoms with Crippen LogP contribution in [-0.2, 0) is 4.79 Å². The second-order valence-corrected chi connectivity index (χ2v) is 5.07. The van der Waals surface area contributed by atoms with Gasteiger partial charge in [0, 0.05) is 12.0 Å². The van der Waals surface area contributed by atoms with Crippen molar-refractivity contribution in [3.05, 3.63) is 81.9 Å². The number of carboxylic acids is 1. The van der Waals surface area contributed by atoms with E-state index < -0.39 is 5.97 Å². The number of hydrogen-bond donors (Lipinski definition) is 1. The minimum absolute atomic E-state index is 0.179. The molecule has 1 N–H and O–H groups in total. The Morgan fingerprint density at radius 3 is 2.30 bits per heavy atom. The highest BCUT2D eigenvalue weighted by Crippen LogP contribution is 2.31. The Kier molecular flexibility index (Phi) is 4.83. The van der Waals surface area contributed by atoms with E-state index in [1.165, 1.54) is 0 Å². The average Bonchev–Trinajstić information content (AvgIpc) is 2.44. The van der Waals surface area contributed by atoms with E-state index in [1.807, 2.05) is 36.4 Å². The maximum atomic E-state index is 10.8. The molecular formula is C16H12Cl2O2. The van der Waals surface area contributed by atoms with Crippen molar-refractivity contribution in [3.8, 4) is 0 Å². The summed E-state index contributed by atoms with van der Waals surface area (Å²) in [5, 5.41) is 9.75. The summed E-state index contributed by atoms with van der Waals surface area (Å²) in [5.74, 6) is -1.16. The standard InChI is InChI=1S/C16H12Cl2O2/c17-14-8-6-12(10-15(14)18)13(7-9-16(19)20)11-4-2-1-3-5-11/h1-10,13H,(H,19,20). The molecule has 20 heavy (non-hydrogen) atoms. The number of hydrogen-bond acceptors (Lipinski definition) is 1. The van der Waals surface area contributed by atoms with Crippen LogP contribution in [0.5, 0.6) is 0 Å². The molecule has 0 fully saturated rings. The Morgan fingerprint density at radius 2 is 1.70 bits per heavy atom. The van der Waals surface area contributed by atoms with E-state index in [4.69, 9.17) is 28.3 Å². The van der Waals surface area contributed by atoms with Crippen molar-refractivity contribution >= 4 is 29.2 Å². The summed E-state index contributed by atoms with van der Waals surface area (Å²) >= 11 is 12.0. The van der Waals surface area contributed by atoms with Crippen LogP contribution in [0, 0.1) is 0 Å². The molecule has 0 amide bonds. The van der Waals surface area contributed by atoms with Crippen molar-refractivity contribution in [1.29, 1.82) is 0 Å². The first-order valence-electron chi connectivity index (χ1n) is 5.99. The quantitative estimate of drug-likeness (QED) is 0.826. The molecule has 0 aliphatic heterocycles. The largest absolute Gasteiger partial charge is 0.478 e. The summed E-state index contributed by atoms with van der Waals surface area (Å²) in [5.41, 5.74) is 1.88. The summed E-state index contributed by atoms with van der Waals surface area (Å²) in [7, 11) is 0. The molecule has 0 bridgehead atoms. The molecule has 1 atom stereocenters. The molecule has 102 valence electrons. The Labute approximate surface area is 127 Å². The normalized spacial score (nSPS) is 12.5. The van der Waals surface area contributed by atoms with E-state index in [-0.39, 0.29) is 5.92 Å². The Balaban J connectivity index is 2.45. The van der Waals surface area contributed by atoms with E-state index in [0.29, 0.717) is 10.0 Å². The van der Waals surface area contributed by atoms with Crippen molar-refractivity contribution in [2.75, 3.05) is 0 Å². The Bertz CT molecular complexity index is 636. The fourth-order valence-corrected chi connectivity index (χ4v) is 2.27. The molecule has 1 unspecified atom stereocenters. The topological polar surface area (TPSA) is 37.3 Å². The Hall–Kier alpha value is -1.77. The van der Waals surface area contributed by atoms with Gasteiger partial charge >= 0.3 is 5.97 Å². The zero-order chi connectivity index (χ0) is 14.5. The molecule has 0 radical (unpaired) electrons. The predicted molar refractivity (Wildman–Crippen MR) is 81.5 cm³/mol. The van der Waals surface area contributed by atoms with Crippen LogP contribution in [0.2, 0.25) is 10.0 Å². The molecule has 2 nitrogen and oxygen atoms in total. The average molecular weight is 307 g/mol. The number of benzene rings is 2. The fourth-order valence-electron chi connectivity index (χ4n) is 1.96. The summed E-state index contributed by atoms with van der Waals surface area (Å²) in [6.45, 7) is 0. The zero-order valence-electron chi connectivity index (χ0n) is 10.5. The second kappa shape index (κ2) is 6.60. The number of carbonyl (C=O) groups is 1. The highest BCUT2D eigenvalue weighted by molar-refractivity contribution is 6.42. The summed E-state index contributed by atoms with van der Waals surface area (Å²) in [6, 6.07) is 14.9. The lowest BCUT2D eigenvalue weighted by atomic mass is 9.91. The third kappa shape index (κ3) is 3.62. The molecule has 4 heteroatoms. The predicted octanol–water partition coefficient (Wildman–Crippen LogP) is 4.77. The molecular weight excluding hydrogens is 295 g/mol. The summed E-state index contributed by atoms with van der Waals surface area (Å²) < 4.78 is 0. The third-order valence-electron chi connectivity index (χ3n) is 2.89. The molecule has 0 aliphatic carbocycles. The van der Waals surface area contributed by atoms with Crippen LogP contribution in [0.4, 0.5) is 0 Å². The van der Waals surface area contributed by atoms with Crippen molar-refractivity contribution in [2.45, 2.75) is 5.92 Å².